The summed E-state index contributed by atoms with van der Waals surface area (Å²) >= 11 is 5.81. The Morgan fingerprint density at radius 3 is 2.50 bits per heavy atom. The Bertz CT molecular complexity index is 838. The van der Waals surface area contributed by atoms with Gasteiger partial charge in [-0.3, -0.25) is 4.79 Å². The first-order valence-corrected chi connectivity index (χ1v) is 7.04. The molecule has 0 bridgehead atoms. The molecule has 0 fully saturated rings. The average molecular weight is 351 g/mol. The summed E-state index contributed by atoms with van der Waals surface area (Å²) in [5.74, 6) is -0.936. The molecule has 7 heteroatoms. The minimum Gasteiger partial charge on any atom is -0.321 e. The van der Waals surface area contributed by atoms with E-state index in [2.05, 4.69) is 5.32 Å². The van der Waals surface area contributed by atoms with E-state index >= 15 is 0 Å². The van der Waals surface area contributed by atoms with Gasteiger partial charge in [-0.2, -0.15) is 18.4 Å². The number of amides is 1. The first-order chi connectivity index (χ1) is 11.3. The summed E-state index contributed by atoms with van der Waals surface area (Å²) < 4.78 is 38.8. The van der Waals surface area contributed by atoms with Crippen molar-refractivity contribution in [2.24, 2.45) is 0 Å². The van der Waals surface area contributed by atoms with E-state index in [4.69, 9.17) is 16.9 Å². The highest BCUT2D eigenvalue weighted by Crippen LogP contribution is 2.34. The Kier molecular flexibility index (Phi) is 5.27. The van der Waals surface area contributed by atoms with Crippen LogP contribution in [0.3, 0.4) is 0 Å². The van der Waals surface area contributed by atoms with Crippen LogP contribution >= 0.6 is 11.6 Å². The molecule has 24 heavy (non-hydrogen) atoms. The zero-order valence-corrected chi connectivity index (χ0v) is 12.8. The molecule has 0 atom stereocenters. The molecule has 2 aromatic carbocycles. The first kappa shape index (κ1) is 17.6. The number of nitriles is 1. The second-order valence-corrected chi connectivity index (χ2v) is 5.16. The molecule has 0 aliphatic carbocycles. The third-order valence-corrected chi connectivity index (χ3v) is 3.24. The van der Waals surface area contributed by atoms with Crippen molar-refractivity contribution in [3.8, 4) is 6.07 Å². The molecule has 0 spiro atoms. The van der Waals surface area contributed by atoms with Crippen LogP contribution in [0.5, 0.6) is 0 Å². The maximum absolute atomic E-state index is 12.9. The molecule has 2 rings (SSSR count). The molecule has 0 radical (unpaired) electrons. The minimum atomic E-state index is -4.62. The lowest BCUT2D eigenvalue weighted by molar-refractivity contribution is -0.136. The Morgan fingerprint density at radius 2 is 1.88 bits per heavy atom. The van der Waals surface area contributed by atoms with Crippen molar-refractivity contribution in [2.75, 3.05) is 5.32 Å². The number of nitrogens with one attached hydrogen (secondary N) is 1. The van der Waals surface area contributed by atoms with Crippen molar-refractivity contribution in [3.05, 3.63) is 70.3 Å². The van der Waals surface area contributed by atoms with Gasteiger partial charge in [-0.05, 0) is 35.9 Å². The van der Waals surface area contributed by atoms with Gasteiger partial charge in [-0.1, -0.05) is 35.9 Å². The zero-order valence-electron chi connectivity index (χ0n) is 12.1. The Balaban J connectivity index is 2.31. The molecule has 1 amide bonds. The lowest BCUT2D eigenvalue weighted by atomic mass is 10.1. The van der Waals surface area contributed by atoms with Gasteiger partial charge in [-0.25, -0.2) is 0 Å². The second-order valence-electron chi connectivity index (χ2n) is 4.72. The van der Waals surface area contributed by atoms with Crippen LogP contribution in [0.25, 0.3) is 6.08 Å². The normalized spacial score (nSPS) is 11.7. The van der Waals surface area contributed by atoms with E-state index in [1.165, 1.54) is 24.3 Å². The van der Waals surface area contributed by atoms with Crippen LogP contribution in [-0.4, -0.2) is 5.91 Å². The van der Waals surface area contributed by atoms with Gasteiger partial charge in [-0.15, -0.1) is 0 Å². The summed E-state index contributed by atoms with van der Waals surface area (Å²) in [6.07, 6.45) is -3.37. The Labute approximate surface area is 141 Å². The molecule has 0 saturated heterocycles. The van der Waals surface area contributed by atoms with Crippen molar-refractivity contribution in [2.45, 2.75) is 6.18 Å². The van der Waals surface area contributed by atoms with Crippen molar-refractivity contribution in [1.82, 2.24) is 0 Å². The van der Waals surface area contributed by atoms with Crippen LogP contribution in [-0.2, 0) is 11.0 Å². The number of halogens is 4. The smallest absolute Gasteiger partial charge is 0.321 e. The van der Waals surface area contributed by atoms with E-state index in [9.17, 15) is 18.0 Å². The van der Waals surface area contributed by atoms with Gasteiger partial charge < -0.3 is 5.32 Å². The minimum absolute atomic E-state index is 0.339. The lowest BCUT2D eigenvalue weighted by Crippen LogP contribution is -2.17. The topological polar surface area (TPSA) is 52.9 Å². The van der Waals surface area contributed by atoms with Gasteiger partial charge in [0.15, 0.2) is 0 Å². The number of hydrogen-bond donors (Lipinski definition) is 1. The number of nitrogens with zero attached hydrogens (tertiary/aromatic N) is 1. The van der Waals surface area contributed by atoms with E-state index in [1.54, 1.807) is 24.3 Å². The highest BCUT2D eigenvalue weighted by Gasteiger charge is 2.33. The molecule has 0 aromatic heterocycles. The summed E-state index contributed by atoms with van der Waals surface area (Å²) in [4.78, 5) is 12.1. The van der Waals surface area contributed by atoms with Crippen LogP contribution in [0.1, 0.15) is 11.1 Å². The standard InChI is InChI=1S/C17H10ClF3N2O/c18-13-5-3-4-11(9-13)8-12(10-22)16(24)23-15-7-2-1-6-14(15)17(19,20)21/h1-9H,(H,23,24)/b12-8-. The van der Waals surface area contributed by atoms with Crippen molar-refractivity contribution in [1.29, 1.82) is 5.26 Å². The van der Waals surface area contributed by atoms with Gasteiger partial charge in [0, 0.05) is 5.02 Å². The fourth-order valence-corrected chi connectivity index (χ4v) is 2.14. The molecule has 122 valence electrons. The van der Waals surface area contributed by atoms with E-state index < -0.39 is 23.3 Å². The lowest BCUT2D eigenvalue weighted by Gasteiger charge is -2.13. The largest absolute Gasteiger partial charge is 0.418 e. The van der Waals surface area contributed by atoms with E-state index in [0.717, 1.165) is 12.1 Å². The number of hydrogen-bond acceptors (Lipinski definition) is 2. The van der Waals surface area contributed by atoms with Gasteiger partial charge in [0.05, 0.1) is 11.3 Å². The highest BCUT2D eigenvalue weighted by atomic mass is 35.5. The number of anilines is 1. The third kappa shape index (κ3) is 4.37. The monoisotopic (exact) mass is 350 g/mol. The predicted molar refractivity (Wildman–Crippen MR) is 85.1 cm³/mol. The number of rotatable bonds is 3. The van der Waals surface area contributed by atoms with Gasteiger partial charge in [0.25, 0.3) is 5.91 Å². The molecule has 0 unspecified atom stereocenters. The summed E-state index contributed by atoms with van der Waals surface area (Å²) in [7, 11) is 0. The molecule has 3 nitrogen and oxygen atoms in total. The van der Waals surface area contributed by atoms with Crippen LogP contribution < -0.4 is 5.32 Å². The van der Waals surface area contributed by atoms with Crippen LogP contribution in [0.4, 0.5) is 18.9 Å². The quantitative estimate of drug-likeness (QED) is 0.632. The fourth-order valence-electron chi connectivity index (χ4n) is 1.94. The van der Waals surface area contributed by atoms with Gasteiger partial charge >= 0.3 is 6.18 Å². The molecule has 0 heterocycles. The van der Waals surface area contributed by atoms with Crippen molar-refractivity contribution in [3.63, 3.8) is 0 Å². The number of benzene rings is 2. The Morgan fingerprint density at radius 1 is 1.17 bits per heavy atom. The number of para-hydroxylation sites is 1. The molecule has 1 N–H and O–H groups in total. The van der Waals surface area contributed by atoms with Gasteiger partial charge in [0.1, 0.15) is 11.6 Å². The predicted octanol–water partition coefficient (Wildman–Crippen LogP) is 4.90. The van der Waals surface area contributed by atoms with Crippen LogP contribution in [0.2, 0.25) is 5.02 Å². The molecule has 0 aliphatic heterocycles. The number of carbonyl (C=O) groups is 1. The van der Waals surface area contributed by atoms with E-state index in [-0.39, 0.29) is 5.57 Å². The average Bonchev–Trinajstić information content (AvgIpc) is 2.52. The maximum Gasteiger partial charge on any atom is 0.418 e. The Hall–Kier alpha value is -2.78. The molecule has 2 aromatic rings. The SMILES string of the molecule is N#C/C(=C/c1cccc(Cl)c1)C(=O)Nc1ccccc1C(F)(F)F. The van der Waals surface area contributed by atoms with E-state index in [0.29, 0.717) is 10.6 Å². The summed E-state index contributed by atoms with van der Waals surface area (Å²) in [6.45, 7) is 0. The maximum atomic E-state index is 12.9. The zero-order chi connectivity index (χ0) is 17.7. The summed E-state index contributed by atoms with van der Waals surface area (Å²) in [5.41, 5.74) is -1.26. The van der Waals surface area contributed by atoms with Crippen molar-refractivity contribution >= 4 is 29.3 Å². The molecular formula is C17H10ClF3N2O. The summed E-state index contributed by atoms with van der Waals surface area (Å²) in [5, 5.41) is 11.6. The highest BCUT2D eigenvalue weighted by molar-refractivity contribution is 6.30. The second kappa shape index (κ2) is 7.20. The molecular weight excluding hydrogens is 341 g/mol. The van der Waals surface area contributed by atoms with Crippen LogP contribution in [0.15, 0.2) is 54.1 Å². The third-order valence-electron chi connectivity index (χ3n) is 3.01. The van der Waals surface area contributed by atoms with Gasteiger partial charge in [0.2, 0.25) is 0 Å². The van der Waals surface area contributed by atoms with Crippen LogP contribution in [0, 0.1) is 11.3 Å². The van der Waals surface area contributed by atoms with Crippen molar-refractivity contribution < 1.29 is 18.0 Å². The molecule has 0 saturated carbocycles. The first-order valence-electron chi connectivity index (χ1n) is 6.66. The molecule has 0 aliphatic rings. The fraction of sp³-hybridized carbons (Fsp3) is 0.0588. The number of carbonyl (C=O) groups excluding carboxylic acids is 1. The van der Waals surface area contributed by atoms with E-state index in [1.807, 2.05) is 0 Å². The summed E-state index contributed by atoms with van der Waals surface area (Å²) in [6, 6.07) is 12.6. The number of alkyl halides is 3.